The van der Waals surface area contributed by atoms with E-state index in [1.165, 1.54) is 0 Å². The zero-order valence-corrected chi connectivity index (χ0v) is 8.50. The monoisotopic (exact) mass is 207 g/mol. The predicted octanol–water partition coefficient (Wildman–Crippen LogP) is 1.98. The second-order valence-electron chi connectivity index (χ2n) is 2.55. The number of hydrogen-bond donors (Lipinski definition) is 0. The number of thioether (sulfide) groups is 1. The number of ether oxygens (including phenoxy) is 1. The first-order valence-corrected chi connectivity index (χ1v) is 4.80. The third kappa shape index (κ3) is 2.79. The molecular formula is C10H9NO2S. The van der Waals surface area contributed by atoms with Gasteiger partial charge < -0.3 is 4.74 Å². The molecule has 0 radical (unpaired) electrons. The van der Waals surface area contributed by atoms with Gasteiger partial charge in [-0.3, -0.25) is 4.79 Å². The van der Waals surface area contributed by atoms with Crippen LogP contribution in [0.2, 0.25) is 0 Å². The first kappa shape index (κ1) is 10.6. The van der Waals surface area contributed by atoms with Crippen LogP contribution in [0, 0.1) is 10.7 Å². The Hall–Kier alpha value is -1.47. The fourth-order valence-corrected chi connectivity index (χ4v) is 1.42. The molecule has 0 aliphatic rings. The van der Waals surface area contributed by atoms with E-state index < -0.39 is 0 Å². The van der Waals surface area contributed by atoms with Crippen LogP contribution in [0.15, 0.2) is 24.3 Å². The van der Waals surface area contributed by atoms with Crippen molar-refractivity contribution in [3.63, 3.8) is 0 Å². The molecule has 0 aromatic heterocycles. The van der Waals surface area contributed by atoms with Gasteiger partial charge in [-0.2, -0.15) is 5.26 Å². The van der Waals surface area contributed by atoms with Gasteiger partial charge in [-0.15, -0.1) is 0 Å². The third-order valence-electron chi connectivity index (χ3n) is 1.69. The zero-order valence-electron chi connectivity index (χ0n) is 7.69. The lowest BCUT2D eigenvalue weighted by Crippen LogP contribution is -1.98. The van der Waals surface area contributed by atoms with Crippen LogP contribution in [0.3, 0.4) is 0 Å². The number of methoxy groups -OCH3 is 1. The standard InChI is InChI=1S/C10H9NO2S/c1-13-9-5-3-2-4-8(9)6-10(12)14-7-11/h2-5H,6H2,1H3. The third-order valence-corrected chi connectivity index (χ3v) is 2.15. The molecule has 0 aliphatic carbocycles. The van der Waals surface area contributed by atoms with Gasteiger partial charge in [0, 0.05) is 23.7 Å². The highest BCUT2D eigenvalue weighted by Gasteiger charge is 2.07. The van der Waals surface area contributed by atoms with Gasteiger partial charge in [0.25, 0.3) is 0 Å². The molecular weight excluding hydrogens is 198 g/mol. The van der Waals surface area contributed by atoms with Crippen LogP contribution in [-0.2, 0) is 11.2 Å². The molecule has 0 spiro atoms. The molecule has 0 amide bonds. The Bertz CT molecular complexity index is 371. The molecule has 0 N–H and O–H groups in total. The van der Waals surface area contributed by atoms with Crippen molar-refractivity contribution in [2.24, 2.45) is 0 Å². The van der Waals surface area contributed by atoms with E-state index >= 15 is 0 Å². The van der Waals surface area contributed by atoms with Crippen molar-refractivity contribution < 1.29 is 9.53 Å². The van der Waals surface area contributed by atoms with E-state index in [1.54, 1.807) is 18.6 Å². The fraction of sp³-hybridized carbons (Fsp3) is 0.200. The topological polar surface area (TPSA) is 50.1 Å². The minimum absolute atomic E-state index is 0.169. The lowest BCUT2D eigenvalue weighted by molar-refractivity contribution is -0.110. The van der Waals surface area contributed by atoms with E-state index in [0.717, 1.165) is 5.56 Å². The number of carbonyl (C=O) groups is 1. The minimum Gasteiger partial charge on any atom is -0.496 e. The Morgan fingerprint density at radius 1 is 1.57 bits per heavy atom. The van der Waals surface area contributed by atoms with Gasteiger partial charge in [-0.05, 0) is 6.07 Å². The van der Waals surface area contributed by atoms with Gasteiger partial charge >= 0.3 is 0 Å². The van der Waals surface area contributed by atoms with Crippen molar-refractivity contribution in [2.75, 3.05) is 7.11 Å². The SMILES string of the molecule is COc1ccccc1CC(=O)SC#N. The number of benzene rings is 1. The maximum Gasteiger partial charge on any atom is 0.207 e. The molecule has 0 saturated heterocycles. The maximum absolute atomic E-state index is 11.2. The van der Waals surface area contributed by atoms with Crippen LogP contribution in [0.1, 0.15) is 5.56 Å². The van der Waals surface area contributed by atoms with Crippen LogP contribution >= 0.6 is 11.8 Å². The molecule has 1 rings (SSSR count). The van der Waals surface area contributed by atoms with Crippen LogP contribution in [0.25, 0.3) is 0 Å². The number of nitriles is 1. The summed E-state index contributed by atoms with van der Waals surface area (Å²) >= 11 is 0.656. The van der Waals surface area contributed by atoms with Crippen molar-refractivity contribution in [3.8, 4) is 11.2 Å². The second-order valence-corrected chi connectivity index (χ2v) is 3.40. The van der Waals surface area contributed by atoms with Gasteiger partial charge in [0.15, 0.2) is 0 Å². The van der Waals surface area contributed by atoms with Crippen LogP contribution in [0.5, 0.6) is 5.75 Å². The number of carbonyl (C=O) groups excluding carboxylic acids is 1. The lowest BCUT2D eigenvalue weighted by Gasteiger charge is -2.05. The Morgan fingerprint density at radius 3 is 2.93 bits per heavy atom. The summed E-state index contributed by atoms with van der Waals surface area (Å²) in [5.41, 5.74) is 0.808. The molecule has 0 unspecified atom stereocenters. The average molecular weight is 207 g/mol. The second kappa shape index (κ2) is 5.30. The van der Waals surface area contributed by atoms with Crippen molar-refractivity contribution in [1.29, 1.82) is 5.26 Å². The van der Waals surface area contributed by atoms with E-state index in [0.29, 0.717) is 17.5 Å². The van der Waals surface area contributed by atoms with Crippen molar-refractivity contribution in [1.82, 2.24) is 0 Å². The molecule has 0 fully saturated rings. The van der Waals surface area contributed by atoms with E-state index in [1.807, 2.05) is 18.2 Å². The molecule has 14 heavy (non-hydrogen) atoms. The van der Waals surface area contributed by atoms with Gasteiger partial charge in [0.2, 0.25) is 5.12 Å². The minimum atomic E-state index is -0.169. The number of hydrogen-bond acceptors (Lipinski definition) is 4. The van der Waals surface area contributed by atoms with E-state index in [4.69, 9.17) is 10.00 Å². The molecule has 0 atom stereocenters. The van der Waals surface area contributed by atoms with Gasteiger partial charge in [0.05, 0.1) is 7.11 Å². The predicted molar refractivity (Wildman–Crippen MR) is 54.9 cm³/mol. The van der Waals surface area contributed by atoms with Crippen LogP contribution in [0.4, 0.5) is 0 Å². The molecule has 0 bridgehead atoms. The van der Waals surface area contributed by atoms with Crippen molar-refractivity contribution in [3.05, 3.63) is 29.8 Å². The molecule has 1 aromatic rings. The van der Waals surface area contributed by atoms with Gasteiger partial charge in [-0.1, -0.05) is 18.2 Å². The highest BCUT2D eigenvalue weighted by molar-refractivity contribution is 8.17. The largest absolute Gasteiger partial charge is 0.496 e. The Morgan fingerprint density at radius 2 is 2.29 bits per heavy atom. The molecule has 0 aliphatic heterocycles. The molecule has 72 valence electrons. The summed E-state index contributed by atoms with van der Waals surface area (Å²) in [4.78, 5) is 11.2. The highest BCUT2D eigenvalue weighted by atomic mass is 32.2. The van der Waals surface area contributed by atoms with E-state index in [2.05, 4.69) is 0 Å². The average Bonchev–Trinajstić information content (AvgIpc) is 2.19. The van der Waals surface area contributed by atoms with Gasteiger partial charge in [-0.25, -0.2) is 0 Å². The Labute approximate surface area is 86.7 Å². The summed E-state index contributed by atoms with van der Waals surface area (Å²) in [6.07, 6.45) is 0.224. The number of para-hydroxylation sites is 1. The molecule has 0 saturated carbocycles. The van der Waals surface area contributed by atoms with Crippen molar-refractivity contribution in [2.45, 2.75) is 6.42 Å². The number of rotatable bonds is 3. The normalized spacial score (nSPS) is 9.14. The number of nitrogens with zero attached hydrogens (tertiary/aromatic N) is 1. The smallest absolute Gasteiger partial charge is 0.207 e. The zero-order chi connectivity index (χ0) is 10.4. The number of thiocyanates is 1. The summed E-state index contributed by atoms with van der Waals surface area (Å²) in [7, 11) is 1.56. The van der Waals surface area contributed by atoms with Crippen molar-refractivity contribution >= 4 is 16.9 Å². The molecule has 3 nitrogen and oxygen atoms in total. The maximum atomic E-state index is 11.2. The molecule has 4 heteroatoms. The summed E-state index contributed by atoms with van der Waals surface area (Å²) in [5, 5.41) is 9.88. The molecule has 0 heterocycles. The van der Waals surface area contributed by atoms with Crippen LogP contribution < -0.4 is 4.74 Å². The summed E-state index contributed by atoms with van der Waals surface area (Å²) < 4.78 is 5.08. The molecule has 1 aromatic carbocycles. The van der Waals surface area contributed by atoms with E-state index in [9.17, 15) is 4.79 Å². The van der Waals surface area contributed by atoms with E-state index in [-0.39, 0.29) is 11.5 Å². The summed E-state index contributed by atoms with van der Waals surface area (Å²) in [6, 6.07) is 7.28. The first-order valence-electron chi connectivity index (χ1n) is 3.98. The Balaban J connectivity index is 2.76. The quantitative estimate of drug-likeness (QED) is 0.711. The van der Waals surface area contributed by atoms with Gasteiger partial charge in [0.1, 0.15) is 11.2 Å². The first-order chi connectivity index (χ1) is 6.77. The lowest BCUT2D eigenvalue weighted by atomic mass is 10.1. The summed E-state index contributed by atoms with van der Waals surface area (Å²) in [5.74, 6) is 0.680. The fourth-order valence-electron chi connectivity index (χ4n) is 1.09. The highest BCUT2D eigenvalue weighted by Crippen LogP contribution is 2.19. The Kier molecular flexibility index (Phi) is 4.02. The summed E-state index contributed by atoms with van der Waals surface area (Å²) in [6.45, 7) is 0. The van der Waals surface area contributed by atoms with Crippen LogP contribution in [-0.4, -0.2) is 12.2 Å².